The first kappa shape index (κ1) is 17.2. The molecule has 0 aliphatic heterocycles. The molecule has 0 saturated heterocycles. The van der Waals surface area contributed by atoms with E-state index in [-0.39, 0.29) is 16.5 Å². The Morgan fingerprint density at radius 3 is 2.48 bits per heavy atom. The van der Waals surface area contributed by atoms with Crippen LogP contribution in [0.4, 0.5) is 11.5 Å². The lowest BCUT2D eigenvalue weighted by atomic mass is 10.2. The Balaban J connectivity index is 1.86. The third-order valence-corrected chi connectivity index (χ3v) is 4.55. The molecule has 1 heterocycles. The number of nitro groups is 1. The topological polar surface area (TPSA) is 81.0 Å². The molecule has 1 N–H and O–H groups in total. The van der Waals surface area contributed by atoms with E-state index in [4.69, 9.17) is 11.6 Å². The summed E-state index contributed by atoms with van der Waals surface area (Å²) in [5.74, 6) is 0.195. The second-order valence-electron chi connectivity index (χ2n) is 5.03. The highest BCUT2D eigenvalue weighted by molar-refractivity contribution is 7.99. The average Bonchev–Trinajstić information content (AvgIpc) is 2.62. The minimum absolute atomic E-state index is 0.140. The summed E-state index contributed by atoms with van der Waals surface area (Å²) >= 11 is 7.06. The van der Waals surface area contributed by atoms with Gasteiger partial charge in [0.25, 0.3) is 0 Å². The lowest BCUT2D eigenvalue weighted by molar-refractivity contribution is -0.387. The second kappa shape index (κ2) is 7.96. The lowest BCUT2D eigenvalue weighted by Crippen LogP contribution is -2.06. The number of rotatable bonds is 6. The fourth-order valence-electron chi connectivity index (χ4n) is 2.13. The van der Waals surface area contributed by atoms with E-state index in [9.17, 15) is 10.1 Å². The van der Waals surface area contributed by atoms with Gasteiger partial charge in [0.05, 0.1) is 4.92 Å². The first-order valence-electron chi connectivity index (χ1n) is 7.34. The number of anilines is 1. The van der Waals surface area contributed by atoms with Crippen LogP contribution in [-0.4, -0.2) is 14.9 Å². The molecule has 1 aromatic heterocycles. The number of nitrogens with one attached hydrogen (secondary N) is 1. The van der Waals surface area contributed by atoms with Crippen molar-refractivity contribution in [2.75, 3.05) is 5.32 Å². The van der Waals surface area contributed by atoms with Crippen molar-refractivity contribution >= 4 is 34.9 Å². The van der Waals surface area contributed by atoms with Gasteiger partial charge in [-0.2, -0.15) is 0 Å². The molecule has 0 spiro atoms. The highest BCUT2D eigenvalue weighted by Crippen LogP contribution is 2.36. The van der Waals surface area contributed by atoms with Crippen LogP contribution >= 0.6 is 23.4 Å². The average molecular weight is 373 g/mol. The molecule has 0 aliphatic carbocycles. The maximum Gasteiger partial charge on any atom is 0.343 e. The Bertz CT molecular complexity index is 876. The third kappa shape index (κ3) is 4.46. The van der Waals surface area contributed by atoms with Crippen molar-refractivity contribution in [1.82, 2.24) is 9.97 Å². The Morgan fingerprint density at radius 1 is 1.08 bits per heavy atom. The van der Waals surface area contributed by atoms with Crippen molar-refractivity contribution < 1.29 is 4.92 Å². The monoisotopic (exact) mass is 372 g/mol. The van der Waals surface area contributed by atoms with Crippen molar-refractivity contribution in [3.05, 3.63) is 81.6 Å². The van der Waals surface area contributed by atoms with E-state index in [0.29, 0.717) is 11.6 Å². The van der Waals surface area contributed by atoms with Gasteiger partial charge in [-0.05, 0) is 29.8 Å². The van der Waals surface area contributed by atoms with Gasteiger partial charge in [0.15, 0.2) is 5.03 Å². The third-order valence-electron chi connectivity index (χ3n) is 3.30. The van der Waals surface area contributed by atoms with E-state index >= 15 is 0 Å². The molecule has 0 saturated carbocycles. The molecule has 8 heteroatoms. The Kier molecular flexibility index (Phi) is 5.47. The summed E-state index contributed by atoms with van der Waals surface area (Å²) < 4.78 is 0. The van der Waals surface area contributed by atoms with E-state index in [1.165, 1.54) is 18.1 Å². The maximum atomic E-state index is 11.5. The van der Waals surface area contributed by atoms with E-state index in [1.807, 2.05) is 30.3 Å². The van der Waals surface area contributed by atoms with Crippen molar-refractivity contribution in [3.8, 4) is 0 Å². The molecule has 25 heavy (non-hydrogen) atoms. The van der Waals surface area contributed by atoms with Crippen LogP contribution in [0.2, 0.25) is 5.02 Å². The van der Waals surface area contributed by atoms with Crippen LogP contribution in [0.1, 0.15) is 5.56 Å². The number of hydrogen-bond donors (Lipinski definition) is 1. The number of aromatic nitrogens is 2. The second-order valence-corrected chi connectivity index (χ2v) is 6.53. The smallest absolute Gasteiger partial charge is 0.343 e. The van der Waals surface area contributed by atoms with Crippen LogP contribution in [0, 0.1) is 10.1 Å². The van der Waals surface area contributed by atoms with Crippen LogP contribution in [-0.2, 0) is 6.54 Å². The van der Waals surface area contributed by atoms with E-state index in [2.05, 4.69) is 15.3 Å². The molecule has 0 aliphatic rings. The Morgan fingerprint density at radius 2 is 1.80 bits per heavy atom. The molecule has 0 radical (unpaired) electrons. The molecule has 126 valence electrons. The van der Waals surface area contributed by atoms with Gasteiger partial charge in [-0.3, -0.25) is 10.1 Å². The first-order valence-corrected chi connectivity index (χ1v) is 8.53. The minimum atomic E-state index is -0.467. The molecule has 0 unspecified atom stereocenters. The highest BCUT2D eigenvalue weighted by atomic mass is 35.5. The molecule has 0 fully saturated rings. The van der Waals surface area contributed by atoms with Gasteiger partial charge in [0, 0.05) is 16.5 Å². The van der Waals surface area contributed by atoms with Crippen molar-refractivity contribution in [3.63, 3.8) is 0 Å². The molecule has 3 rings (SSSR count). The quantitative estimate of drug-likeness (QED) is 0.380. The molecule has 0 amide bonds. The van der Waals surface area contributed by atoms with E-state index in [0.717, 1.165) is 10.5 Å². The van der Waals surface area contributed by atoms with E-state index < -0.39 is 4.92 Å². The molecule has 0 atom stereocenters. The predicted octanol–water partition coefficient (Wildman–Crippen LogP) is 4.80. The Labute approximate surface area is 153 Å². The molecular formula is C17H13ClN4O2S. The molecular weight excluding hydrogens is 360 g/mol. The van der Waals surface area contributed by atoms with E-state index in [1.54, 1.807) is 24.3 Å². The minimum Gasteiger partial charge on any atom is -0.360 e. The first-order chi connectivity index (χ1) is 12.1. The zero-order valence-electron chi connectivity index (χ0n) is 12.9. The van der Waals surface area contributed by atoms with Gasteiger partial charge < -0.3 is 5.32 Å². The summed E-state index contributed by atoms with van der Waals surface area (Å²) in [7, 11) is 0. The van der Waals surface area contributed by atoms with Gasteiger partial charge in [-0.1, -0.05) is 53.7 Å². The molecule has 2 aromatic carbocycles. The van der Waals surface area contributed by atoms with Gasteiger partial charge >= 0.3 is 5.69 Å². The SMILES string of the molecule is O=[N+]([O-])c1c(NCc2ccccc2)ncnc1Sc1ccc(Cl)cc1. The number of halogens is 1. The summed E-state index contributed by atoms with van der Waals surface area (Å²) in [5, 5.41) is 15.4. The zero-order chi connectivity index (χ0) is 17.6. The summed E-state index contributed by atoms with van der Waals surface area (Å²) in [4.78, 5) is 20.0. The fraction of sp³-hybridized carbons (Fsp3) is 0.0588. The summed E-state index contributed by atoms with van der Waals surface area (Å²) in [6.07, 6.45) is 1.32. The molecule has 6 nitrogen and oxygen atoms in total. The zero-order valence-corrected chi connectivity index (χ0v) is 14.5. The summed E-state index contributed by atoms with van der Waals surface area (Å²) in [5.41, 5.74) is 0.862. The maximum absolute atomic E-state index is 11.5. The van der Waals surface area contributed by atoms with Crippen LogP contribution < -0.4 is 5.32 Å². The number of benzene rings is 2. The fourth-order valence-corrected chi connectivity index (χ4v) is 3.12. The van der Waals surface area contributed by atoms with Gasteiger partial charge in [0.2, 0.25) is 5.82 Å². The Hall–Kier alpha value is -2.64. The number of hydrogen-bond acceptors (Lipinski definition) is 6. The van der Waals surface area contributed by atoms with Crippen LogP contribution in [0.15, 0.2) is 70.8 Å². The van der Waals surface area contributed by atoms with Gasteiger partial charge in [-0.25, -0.2) is 9.97 Å². The number of nitrogens with zero attached hydrogens (tertiary/aromatic N) is 3. The standard InChI is InChI=1S/C17H13ClN4O2S/c18-13-6-8-14(9-7-13)25-17-15(22(23)24)16(20-11-21-17)19-10-12-4-2-1-3-5-12/h1-9,11H,10H2,(H,19,20,21). The summed E-state index contributed by atoms with van der Waals surface area (Å²) in [6, 6.07) is 16.6. The van der Waals surface area contributed by atoms with Gasteiger partial charge in [0.1, 0.15) is 6.33 Å². The molecule has 3 aromatic rings. The van der Waals surface area contributed by atoms with Crippen molar-refractivity contribution in [2.24, 2.45) is 0 Å². The van der Waals surface area contributed by atoms with Crippen molar-refractivity contribution in [1.29, 1.82) is 0 Å². The van der Waals surface area contributed by atoms with Crippen LogP contribution in [0.3, 0.4) is 0 Å². The molecule has 0 bridgehead atoms. The summed E-state index contributed by atoms with van der Waals surface area (Å²) in [6.45, 7) is 0.434. The normalized spacial score (nSPS) is 10.4. The van der Waals surface area contributed by atoms with Gasteiger partial charge in [-0.15, -0.1) is 0 Å². The van der Waals surface area contributed by atoms with Crippen molar-refractivity contribution in [2.45, 2.75) is 16.5 Å². The van der Waals surface area contributed by atoms with Crippen LogP contribution in [0.25, 0.3) is 0 Å². The predicted molar refractivity (Wildman–Crippen MR) is 98.0 cm³/mol. The van der Waals surface area contributed by atoms with Crippen LogP contribution in [0.5, 0.6) is 0 Å². The highest BCUT2D eigenvalue weighted by Gasteiger charge is 2.23. The largest absolute Gasteiger partial charge is 0.360 e. The lowest BCUT2D eigenvalue weighted by Gasteiger charge is -2.08.